The monoisotopic (exact) mass is 272 g/mol. The van der Waals surface area contributed by atoms with Gasteiger partial charge in [-0.1, -0.05) is 0 Å². The van der Waals surface area contributed by atoms with Gasteiger partial charge in [-0.3, -0.25) is 10.1 Å². The Balaban J connectivity index is 3.50. The fourth-order valence-corrected chi connectivity index (χ4v) is 1.32. The molecule has 0 saturated carbocycles. The fourth-order valence-electron chi connectivity index (χ4n) is 1.32. The zero-order valence-corrected chi connectivity index (χ0v) is 9.42. The van der Waals surface area contributed by atoms with Gasteiger partial charge in [0.25, 0.3) is 5.69 Å². The summed E-state index contributed by atoms with van der Waals surface area (Å²) in [5, 5.41) is 19.6. The number of nitro benzene ring substituents is 1. The van der Waals surface area contributed by atoms with Crippen LogP contribution in [-0.4, -0.2) is 24.6 Å². The number of ether oxygens (including phenoxy) is 2. The van der Waals surface area contributed by atoms with Crippen molar-refractivity contribution >= 4 is 11.7 Å². The molecule has 0 aliphatic rings. The third-order valence-electron chi connectivity index (χ3n) is 2.02. The number of nitro groups is 1. The Morgan fingerprint density at radius 1 is 1.53 bits per heavy atom. The minimum atomic E-state index is -3.21. The molecular formula is C10H6F2N2O5. The summed E-state index contributed by atoms with van der Waals surface area (Å²) < 4.78 is 32.4. The summed E-state index contributed by atoms with van der Waals surface area (Å²) >= 11 is 0. The maximum absolute atomic E-state index is 12.0. The van der Waals surface area contributed by atoms with Gasteiger partial charge < -0.3 is 9.47 Å². The first kappa shape index (κ1) is 14.3. The van der Waals surface area contributed by atoms with E-state index in [1.807, 2.05) is 0 Å². The van der Waals surface area contributed by atoms with Crippen LogP contribution in [0.3, 0.4) is 0 Å². The summed E-state index contributed by atoms with van der Waals surface area (Å²) in [6.07, 6.45) is 0. The van der Waals surface area contributed by atoms with Crippen molar-refractivity contribution in [3.05, 3.63) is 33.4 Å². The molecule has 0 aliphatic heterocycles. The molecule has 0 unspecified atom stereocenters. The molecule has 0 N–H and O–H groups in total. The predicted molar refractivity (Wildman–Crippen MR) is 55.8 cm³/mol. The van der Waals surface area contributed by atoms with Gasteiger partial charge in [-0.2, -0.15) is 14.0 Å². The van der Waals surface area contributed by atoms with Crippen LogP contribution in [0.25, 0.3) is 0 Å². The molecule has 9 heteroatoms. The molecule has 0 saturated heterocycles. The number of methoxy groups -OCH3 is 1. The van der Waals surface area contributed by atoms with Gasteiger partial charge in [-0.15, -0.1) is 0 Å². The van der Waals surface area contributed by atoms with E-state index in [9.17, 15) is 23.7 Å². The van der Waals surface area contributed by atoms with E-state index in [4.69, 9.17) is 5.26 Å². The Morgan fingerprint density at radius 2 is 2.16 bits per heavy atom. The van der Waals surface area contributed by atoms with Gasteiger partial charge in [0.15, 0.2) is 5.56 Å². The number of carbonyl (C=O) groups excluding carboxylic acids is 1. The predicted octanol–water partition coefficient (Wildman–Crippen LogP) is 1.85. The van der Waals surface area contributed by atoms with Crippen LogP contribution in [-0.2, 0) is 4.74 Å². The van der Waals surface area contributed by atoms with E-state index in [0.29, 0.717) is 6.07 Å². The Morgan fingerprint density at radius 3 is 2.58 bits per heavy atom. The topological polar surface area (TPSA) is 102 Å². The van der Waals surface area contributed by atoms with Crippen molar-refractivity contribution in [1.29, 1.82) is 5.26 Å². The number of rotatable bonds is 4. The molecule has 0 amide bonds. The Labute approximate surface area is 105 Å². The first-order valence-corrected chi connectivity index (χ1v) is 4.66. The highest BCUT2D eigenvalue weighted by Crippen LogP contribution is 2.29. The second kappa shape index (κ2) is 5.72. The number of hydrogen-bond acceptors (Lipinski definition) is 6. The van der Waals surface area contributed by atoms with Crippen molar-refractivity contribution in [3.8, 4) is 11.8 Å². The van der Waals surface area contributed by atoms with Gasteiger partial charge in [0.2, 0.25) is 0 Å². The SMILES string of the molecule is COC(=O)c1c(C#N)cc(OC(F)F)cc1[N+](=O)[O-]. The summed E-state index contributed by atoms with van der Waals surface area (Å²) in [5.41, 5.74) is -1.95. The minimum absolute atomic E-state index is 0.489. The van der Waals surface area contributed by atoms with E-state index in [1.165, 1.54) is 6.07 Å². The van der Waals surface area contributed by atoms with Crippen LogP contribution >= 0.6 is 0 Å². The summed E-state index contributed by atoms with van der Waals surface area (Å²) in [6, 6.07) is 2.91. The maximum atomic E-state index is 12.0. The number of alkyl halides is 2. The molecule has 0 atom stereocenters. The van der Waals surface area contributed by atoms with E-state index in [2.05, 4.69) is 9.47 Å². The zero-order chi connectivity index (χ0) is 14.6. The molecule has 0 aromatic heterocycles. The van der Waals surface area contributed by atoms with Crippen molar-refractivity contribution in [2.24, 2.45) is 0 Å². The molecule has 7 nitrogen and oxygen atoms in total. The molecule has 0 fully saturated rings. The largest absolute Gasteiger partial charge is 0.465 e. The van der Waals surface area contributed by atoms with Gasteiger partial charge in [-0.05, 0) is 6.07 Å². The number of halogens is 2. The van der Waals surface area contributed by atoms with Crippen LogP contribution in [0.4, 0.5) is 14.5 Å². The molecule has 1 rings (SSSR count). The fraction of sp³-hybridized carbons (Fsp3) is 0.200. The minimum Gasteiger partial charge on any atom is -0.465 e. The number of benzene rings is 1. The lowest BCUT2D eigenvalue weighted by Gasteiger charge is -2.08. The second-order valence-electron chi connectivity index (χ2n) is 3.10. The van der Waals surface area contributed by atoms with Crippen LogP contribution in [0.5, 0.6) is 5.75 Å². The van der Waals surface area contributed by atoms with Crippen LogP contribution < -0.4 is 4.74 Å². The van der Waals surface area contributed by atoms with E-state index < -0.39 is 40.1 Å². The van der Waals surface area contributed by atoms with Crippen molar-refractivity contribution in [3.63, 3.8) is 0 Å². The lowest BCUT2D eigenvalue weighted by molar-refractivity contribution is -0.385. The first-order valence-electron chi connectivity index (χ1n) is 4.66. The molecule has 0 spiro atoms. The number of nitrogens with zero attached hydrogens (tertiary/aromatic N) is 2. The zero-order valence-electron chi connectivity index (χ0n) is 9.42. The van der Waals surface area contributed by atoms with Crippen molar-refractivity contribution < 1.29 is 28.0 Å². The van der Waals surface area contributed by atoms with E-state index >= 15 is 0 Å². The normalized spacial score (nSPS) is 9.84. The highest BCUT2D eigenvalue weighted by atomic mass is 19.3. The molecule has 0 bridgehead atoms. The first-order chi connectivity index (χ1) is 8.90. The molecule has 19 heavy (non-hydrogen) atoms. The number of hydrogen-bond donors (Lipinski definition) is 0. The molecule has 0 aliphatic carbocycles. The van der Waals surface area contributed by atoms with Crippen LogP contribution in [0.15, 0.2) is 12.1 Å². The highest BCUT2D eigenvalue weighted by Gasteiger charge is 2.27. The van der Waals surface area contributed by atoms with Gasteiger partial charge in [0, 0.05) is 0 Å². The molecular weight excluding hydrogens is 266 g/mol. The quantitative estimate of drug-likeness (QED) is 0.470. The molecule has 1 aromatic carbocycles. The third-order valence-corrected chi connectivity index (χ3v) is 2.02. The average molecular weight is 272 g/mol. The van der Waals surface area contributed by atoms with Crippen molar-refractivity contribution in [2.75, 3.05) is 7.11 Å². The summed E-state index contributed by atoms with van der Waals surface area (Å²) in [7, 11) is 0.969. The van der Waals surface area contributed by atoms with Gasteiger partial charge in [0.1, 0.15) is 11.8 Å². The lowest BCUT2D eigenvalue weighted by atomic mass is 10.1. The van der Waals surface area contributed by atoms with E-state index in [1.54, 1.807) is 0 Å². The second-order valence-corrected chi connectivity index (χ2v) is 3.10. The Kier molecular flexibility index (Phi) is 4.31. The van der Waals surface area contributed by atoms with Crippen molar-refractivity contribution in [2.45, 2.75) is 6.61 Å². The molecule has 0 heterocycles. The Bertz CT molecular complexity index is 568. The van der Waals surface area contributed by atoms with Crippen molar-refractivity contribution in [1.82, 2.24) is 0 Å². The smallest absolute Gasteiger partial charge is 0.387 e. The summed E-state index contributed by atoms with van der Waals surface area (Å²) in [5.74, 6) is -1.71. The average Bonchev–Trinajstić information content (AvgIpc) is 2.35. The maximum Gasteiger partial charge on any atom is 0.387 e. The molecule has 1 aromatic rings. The number of carbonyl (C=O) groups is 1. The van der Waals surface area contributed by atoms with Crippen LogP contribution in [0.2, 0.25) is 0 Å². The highest BCUT2D eigenvalue weighted by molar-refractivity contribution is 5.97. The number of esters is 1. The van der Waals surface area contributed by atoms with E-state index in [0.717, 1.165) is 13.2 Å². The molecule has 100 valence electrons. The molecule has 0 radical (unpaired) electrons. The summed E-state index contributed by atoms with van der Waals surface area (Å²) in [6.45, 7) is -3.21. The van der Waals surface area contributed by atoms with Crippen LogP contribution in [0.1, 0.15) is 15.9 Å². The van der Waals surface area contributed by atoms with E-state index in [-0.39, 0.29) is 0 Å². The summed E-state index contributed by atoms with van der Waals surface area (Å²) in [4.78, 5) is 21.2. The number of nitriles is 1. The Hall–Kier alpha value is -2.76. The van der Waals surface area contributed by atoms with Gasteiger partial charge in [0.05, 0.1) is 23.7 Å². The standard InChI is InChI=1S/C10H6F2N2O5/c1-18-9(15)8-5(4-13)2-6(19-10(11)12)3-7(8)14(16)17/h2-3,10H,1H3. The third kappa shape index (κ3) is 3.12. The lowest BCUT2D eigenvalue weighted by Crippen LogP contribution is -2.10. The van der Waals surface area contributed by atoms with Gasteiger partial charge >= 0.3 is 12.6 Å². The van der Waals surface area contributed by atoms with Crippen LogP contribution in [0, 0.1) is 21.4 Å². The van der Waals surface area contributed by atoms with Gasteiger partial charge in [-0.25, -0.2) is 4.79 Å².